The van der Waals surface area contributed by atoms with E-state index in [0.717, 1.165) is 38.5 Å². The molecule has 45 heavy (non-hydrogen) atoms. The molecule has 2 aromatic heterocycles. The molecular weight excluding hydrogens is 564 g/mol. The molecule has 0 unspecified atom stereocenters. The van der Waals surface area contributed by atoms with Crippen LogP contribution in [0.25, 0.3) is 21.8 Å². The molecule has 238 valence electrons. The number of nitrogens with two attached hydrogens (primary N) is 3. The first-order valence-corrected chi connectivity index (χ1v) is 15.1. The molecule has 8 N–H and O–H groups in total. The molecule has 0 bridgehead atoms. The molecule has 5 aromatic rings. The molecule has 0 spiro atoms. The summed E-state index contributed by atoms with van der Waals surface area (Å²) in [6, 6.07) is 23.6. The number of benzene rings is 3. The maximum absolute atomic E-state index is 12.9. The van der Waals surface area contributed by atoms with Crippen LogP contribution in [0, 0.1) is 0 Å². The lowest BCUT2D eigenvalue weighted by atomic mass is 9.77. The third-order valence-corrected chi connectivity index (χ3v) is 9.03. The average molecular weight is 611 g/mol. The molecule has 0 radical (unpaired) electrons. The number of aliphatic hydroxyl groups excluding tert-OH is 1. The van der Waals surface area contributed by atoms with Crippen LogP contribution in [0.3, 0.4) is 0 Å². The minimum atomic E-state index is -0.763. The van der Waals surface area contributed by atoms with E-state index in [4.69, 9.17) is 17.2 Å². The number of primary amides is 1. The van der Waals surface area contributed by atoms with Gasteiger partial charge in [0.15, 0.2) is 0 Å². The van der Waals surface area contributed by atoms with Gasteiger partial charge in [0.25, 0.3) is 0 Å². The number of carbonyl (C=O) groups excluding carboxylic acids is 2. The van der Waals surface area contributed by atoms with E-state index in [-0.39, 0.29) is 12.5 Å². The third-order valence-electron chi connectivity index (χ3n) is 9.03. The summed E-state index contributed by atoms with van der Waals surface area (Å²) in [6.07, 6.45) is 4.06. The second-order valence-electron chi connectivity index (χ2n) is 12.8. The summed E-state index contributed by atoms with van der Waals surface area (Å²) in [5.74, 6) is -0.760. The number of aromatic nitrogens is 2. The smallest absolute Gasteiger partial charge is 0.238 e. The fourth-order valence-electron chi connectivity index (χ4n) is 5.91. The van der Waals surface area contributed by atoms with Crippen LogP contribution in [0.2, 0.25) is 0 Å². The van der Waals surface area contributed by atoms with E-state index in [1.807, 2.05) is 125 Å². The van der Waals surface area contributed by atoms with Gasteiger partial charge in [-0.1, -0.05) is 94.4 Å². The molecule has 0 aliphatic carbocycles. The Morgan fingerprint density at radius 1 is 0.733 bits per heavy atom. The number of nitrogens with one attached hydrogen (secondary N) is 1. The maximum atomic E-state index is 12.9. The van der Waals surface area contributed by atoms with Crippen molar-refractivity contribution in [3.8, 4) is 0 Å². The van der Waals surface area contributed by atoms with Crippen molar-refractivity contribution in [2.24, 2.45) is 31.3 Å². The summed E-state index contributed by atoms with van der Waals surface area (Å²) in [7, 11) is 3.97. The molecule has 2 heterocycles. The fourth-order valence-corrected chi connectivity index (χ4v) is 5.91. The summed E-state index contributed by atoms with van der Waals surface area (Å²) in [5.41, 5.74) is 21.8. The van der Waals surface area contributed by atoms with Gasteiger partial charge in [-0.05, 0) is 28.8 Å². The third kappa shape index (κ3) is 6.66. The van der Waals surface area contributed by atoms with Crippen LogP contribution in [0.4, 0.5) is 0 Å². The van der Waals surface area contributed by atoms with E-state index in [2.05, 4.69) is 22.0 Å². The van der Waals surface area contributed by atoms with E-state index in [1.165, 1.54) is 0 Å². The Kier molecular flexibility index (Phi) is 9.87. The Morgan fingerprint density at radius 2 is 1.16 bits per heavy atom. The highest BCUT2D eigenvalue weighted by Gasteiger charge is 2.37. The first kappa shape index (κ1) is 33.5. The number of aliphatic hydroxyl groups is 1. The Labute approximate surface area is 265 Å². The molecule has 0 fully saturated rings. The maximum Gasteiger partial charge on any atom is 0.238 e. The monoisotopic (exact) mass is 610 g/mol. The first-order valence-electron chi connectivity index (χ1n) is 15.1. The number of carbonyl (C=O) groups is 2. The Morgan fingerprint density at radius 3 is 1.60 bits per heavy atom. The molecule has 0 aliphatic heterocycles. The zero-order valence-corrected chi connectivity index (χ0v) is 27.0. The molecule has 5 rings (SSSR count). The van der Waals surface area contributed by atoms with Gasteiger partial charge in [0.2, 0.25) is 11.8 Å². The lowest BCUT2D eigenvalue weighted by Gasteiger charge is -2.32. The highest BCUT2D eigenvalue weighted by molar-refractivity contribution is 5.89. The molecule has 9 heteroatoms. The zero-order chi connectivity index (χ0) is 33.1. The second-order valence-corrected chi connectivity index (χ2v) is 12.8. The molecule has 9 nitrogen and oxygen atoms in total. The van der Waals surface area contributed by atoms with Crippen LogP contribution in [0.15, 0.2) is 91.3 Å². The van der Waals surface area contributed by atoms with Crippen molar-refractivity contribution in [3.63, 3.8) is 0 Å². The van der Waals surface area contributed by atoms with Gasteiger partial charge in [0.1, 0.15) is 0 Å². The van der Waals surface area contributed by atoms with Crippen molar-refractivity contribution >= 4 is 33.6 Å². The summed E-state index contributed by atoms with van der Waals surface area (Å²) in [5, 5.41) is 14.8. The van der Waals surface area contributed by atoms with Crippen molar-refractivity contribution in [1.82, 2.24) is 14.5 Å². The van der Waals surface area contributed by atoms with Crippen molar-refractivity contribution in [1.29, 1.82) is 0 Å². The minimum Gasteiger partial charge on any atom is -0.394 e. The molecular formula is C36H46N6O3. The van der Waals surface area contributed by atoms with E-state index in [1.54, 1.807) is 0 Å². The van der Waals surface area contributed by atoms with Crippen molar-refractivity contribution < 1.29 is 14.7 Å². The van der Waals surface area contributed by atoms with E-state index < -0.39 is 34.9 Å². The lowest BCUT2D eigenvalue weighted by Crippen LogP contribution is -2.53. The average Bonchev–Trinajstić information content (AvgIpc) is 3.57. The first-order chi connectivity index (χ1) is 21.2. The summed E-state index contributed by atoms with van der Waals surface area (Å²) >= 11 is 0. The SMILES string of the molecule is Cn1cc(C(C)(C)[C@H](N)C(=O)N[C@@H](CO)c2ccccc2)c2ccccc21.Cn1cc(C(C)(C)[C@H](N)C(N)=O)c2ccccc21. The highest BCUT2D eigenvalue weighted by atomic mass is 16.3. The minimum absolute atomic E-state index is 0.183. The summed E-state index contributed by atoms with van der Waals surface area (Å²) < 4.78 is 4.09. The van der Waals surface area contributed by atoms with Gasteiger partial charge in [-0.25, -0.2) is 0 Å². The van der Waals surface area contributed by atoms with Crippen LogP contribution >= 0.6 is 0 Å². The van der Waals surface area contributed by atoms with Crippen LogP contribution in [0.1, 0.15) is 50.4 Å². The van der Waals surface area contributed by atoms with Gasteiger partial charge in [-0.15, -0.1) is 0 Å². The molecule has 0 aliphatic rings. The molecule has 3 atom stereocenters. The fraction of sp³-hybridized carbons (Fsp3) is 0.333. The molecule has 0 saturated carbocycles. The number of rotatable bonds is 9. The van der Waals surface area contributed by atoms with Gasteiger partial charge in [0.05, 0.1) is 24.7 Å². The highest BCUT2D eigenvalue weighted by Crippen LogP contribution is 2.35. The van der Waals surface area contributed by atoms with Gasteiger partial charge in [-0.2, -0.15) is 0 Å². The van der Waals surface area contributed by atoms with E-state index in [9.17, 15) is 14.7 Å². The Hall–Kier alpha value is -4.44. The molecule has 3 aromatic carbocycles. The zero-order valence-electron chi connectivity index (χ0n) is 27.0. The largest absolute Gasteiger partial charge is 0.394 e. The van der Waals surface area contributed by atoms with E-state index in [0.29, 0.717) is 0 Å². The van der Waals surface area contributed by atoms with Crippen molar-refractivity contribution in [3.05, 3.63) is 108 Å². The van der Waals surface area contributed by atoms with E-state index >= 15 is 0 Å². The van der Waals surface area contributed by atoms with Crippen LogP contribution in [-0.4, -0.2) is 44.7 Å². The standard InChI is InChI=1S/C22H27N3O2.C14H19N3O/c1-22(2,17-13-25(3)19-12-8-7-11-16(17)19)20(23)21(27)24-18(14-26)15-9-5-4-6-10-15;1-14(2,12(15)13(16)18)10-8-17(3)11-7-5-4-6-9(10)11/h4-13,18,20,26H,14,23H2,1-3H3,(H,24,27);4-8,12H,15H2,1-3H3,(H2,16,18)/t18-,20+;12-/m01/s1. The normalized spacial score (nSPS) is 14.0. The molecule has 2 amide bonds. The number of hydrogen-bond donors (Lipinski definition) is 5. The predicted molar refractivity (Wildman–Crippen MR) is 181 cm³/mol. The number of aryl methyl sites for hydroxylation is 2. The van der Waals surface area contributed by atoms with Crippen LogP contribution < -0.4 is 22.5 Å². The quantitative estimate of drug-likeness (QED) is 0.171. The van der Waals surface area contributed by atoms with Crippen LogP contribution in [0.5, 0.6) is 0 Å². The number of nitrogens with zero attached hydrogens (tertiary/aromatic N) is 2. The van der Waals surface area contributed by atoms with Gasteiger partial charge < -0.3 is 36.8 Å². The Bertz CT molecular complexity index is 1790. The summed E-state index contributed by atoms with van der Waals surface area (Å²) in [6.45, 7) is 7.68. The lowest BCUT2D eigenvalue weighted by molar-refractivity contribution is -0.124. The van der Waals surface area contributed by atoms with Gasteiger partial charge in [0, 0.05) is 59.1 Å². The van der Waals surface area contributed by atoms with Crippen molar-refractivity contribution in [2.75, 3.05) is 6.61 Å². The number of hydrogen-bond acceptors (Lipinski definition) is 5. The van der Waals surface area contributed by atoms with Crippen molar-refractivity contribution in [2.45, 2.75) is 56.7 Å². The number of para-hydroxylation sites is 2. The summed E-state index contributed by atoms with van der Waals surface area (Å²) in [4.78, 5) is 24.2. The number of fused-ring (bicyclic) bond motifs is 2. The second kappa shape index (κ2) is 13.3. The van der Waals surface area contributed by atoms with Crippen LogP contribution in [-0.2, 0) is 34.5 Å². The van der Waals surface area contributed by atoms with Gasteiger partial charge >= 0.3 is 0 Å². The number of amides is 2. The Balaban J connectivity index is 0.000000222. The van der Waals surface area contributed by atoms with Gasteiger partial charge in [-0.3, -0.25) is 9.59 Å². The topological polar surface area (TPSA) is 154 Å². The molecule has 0 saturated heterocycles. The predicted octanol–water partition coefficient (Wildman–Crippen LogP) is 3.90.